The van der Waals surface area contributed by atoms with E-state index in [-0.39, 0.29) is 12.3 Å². The molecule has 1 aliphatic rings. The van der Waals surface area contributed by atoms with E-state index in [2.05, 4.69) is 5.32 Å². The molecule has 0 radical (unpaired) electrons. The molecule has 0 saturated heterocycles. The Morgan fingerprint density at radius 2 is 1.77 bits per heavy atom. The standard InChI is InChI=1S/C17H23NO5.C2HF3O2/c1-16(2,3)23-15(20)18-9-13(19)11-6-7-14-12(8-11)10-21-17(4,5)22-14;3-2(4,5)1(6)7/h6-8H,9-10H2,1-5H3,(H,18,20);(H,6,7). The summed E-state index contributed by atoms with van der Waals surface area (Å²) in [6, 6.07) is 5.16. The number of carbonyl (C=O) groups is 3. The van der Waals surface area contributed by atoms with Gasteiger partial charge >= 0.3 is 18.2 Å². The van der Waals surface area contributed by atoms with Crippen LogP contribution in [0, 0.1) is 0 Å². The highest BCUT2D eigenvalue weighted by Crippen LogP contribution is 2.31. The maximum atomic E-state index is 12.2. The molecule has 0 fully saturated rings. The van der Waals surface area contributed by atoms with E-state index in [0.29, 0.717) is 17.9 Å². The average Bonchev–Trinajstić information content (AvgIpc) is 2.56. The summed E-state index contributed by atoms with van der Waals surface area (Å²) in [7, 11) is 0. The molecule has 1 aromatic rings. The van der Waals surface area contributed by atoms with Crippen LogP contribution >= 0.6 is 0 Å². The molecule has 0 unspecified atom stereocenters. The third-order valence-electron chi connectivity index (χ3n) is 3.35. The van der Waals surface area contributed by atoms with Crippen LogP contribution in [0.3, 0.4) is 0 Å². The van der Waals surface area contributed by atoms with Crippen molar-refractivity contribution in [2.45, 2.75) is 58.8 Å². The van der Waals surface area contributed by atoms with Crippen LogP contribution in [0.15, 0.2) is 18.2 Å². The molecule has 30 heavy (non-hydrogen) atoms. The Bertz CT molecular complexity index is 798. The number of alkyl halides is 3. The summed E-state index contributed by atoms with van der Waals surface area (Å²) in [5.74, 6) is -2.93. The van der Waals surface area contributed by atoms with Crippen LogP contribution in [0.2, 0.25) is 0 Å². The molecule has 2 rings (SSSR count). The molecule has 1 heterocycles. The molecule has 0 atom stereocenters. The SMILES string of the molecule is CC(C)(C)OC(=O)NCC(=O)c1ccc2c(c1)COC(C)(C)O2.O=C(O)C(F)(F)F. The number of aliphatic carboxylic acids is 1. The number of alkyl carbamates (subject to hydrolysis) is 1. The highest BCUT2D eigenvalue weighted by molar-refractivity contribution is 5.99. The number of hydrogen-bond acceptors (Lipinski definition) is 6. The van der Waals surface area contributed by atoms with E-state index in [4.69, 9.17) is 24.1 Å². The number of fused-ring (bicyclic) bond motifs is 1. The van der Waals surface area contributed by atoms with Crippen LogP contribution in [0.25, 0.3) is 0 Å². The molecule has 11 heteroatoms. The first-order valence-electron chi connectivity index (χ1n) is 8.76. The van der Waals surface area contributed by atoms with E-state index in [1.807, 2.05) is 13.8 Å². The fourth-order valence-corrected chi connectivity index (χ4v) is 2.08. The van der Waals surface area contributed by atoms with Gasteiger partial charge in [0, 0.05) is 25.0 Å². The minimum absolute atomic E-state index is 0.124. The molecule has 1 aromatic carbocycles. The van der Waals surface area contributed by atoms with Crippen LogP contribution in [0.5, 0.6) is 5.75 Å². The van der Waals surface area contributed by atoms with Gasteiger partial charge in [0.1, 0.15) is 11.4 Å². The number of rotatable bonds is 3. The molecular weight excluding hydrogens is 411 g/mol. The number of ether oxygens (including phenoxy) is 3. The van der Waals surface area contributed by atoms with Crippen molar-refractivity contribution in [2.24, 2.45) is 0 Å². The summed E-state index contributed by atoms with van der Waals surface area (Å²) >= 11 is 0. The summed E-state index contributed by atoms with van der Waals surface area (Å²) in [4.78, 5) is 32.6. The molecular formula is C19H24F3NO7. The van der Waals surface area contributed by atoms with Crippen LogP contribution in [0.4, 0.5) is 18.0 Å². The number of carboxylic acids is 1. The first-order valence-corrected chi connectivity index (χ1v) is 8.76. The van der Waals surface area contributed by atoms with Gasteiger partial charge in [-0.2, -0.15) is 13.2 Å². The van der Waals surface area contributed by atoms with E-state index in [1.165, 1.54) is 0 Å². The van der Waals surface area contributed by atoms with Crippen molar-refractivity contribution in [2.75, 3.05) is 6.54 Å². The lowest BCUT2D eigenvalue weighted by Crippen LogP contribution is -2.36. The zero-order valence-corrected chi connectivity index (χ0v) is 17.2. The fourth-order valence-electron chi connectivity index (χ4n) is 2.08. The van der Waals surface area contributed by atoms with Gasteiger partial charge in [-0.1, -0.05) is 0 Å². The highest BCUT2D eigenvalue weighted by atomic mass is 19.4. The zero-order chi connectivity index (χ0) is 23.3. The van der Waals surface area contributed by atoms with Crippen molar-refractivity contribution in [3.05, 3.63) is 29.3 Å². The van der Waals surface area contributed by atoms with Gasteiger partial charge in [-0.15, -0.1) is 0 Å². The van der Waals surface area contributed by atoms with E-state index in [0.717, 1.165) is 5.56 Å². The van der Waals surface area contributed by atoms with Crippen molar-refractivity contribution in [3.8, 4) is 5.75 Å². The van der Waals surface area contributed by atoms with Crippen molar-refractivity contribution >= 4 is 17.8 Å². The topological polar surface area (TPSA) is 111 Å². The normalized spacial score (nSPS) is 14.9. The van der Waals surface area contributed by atoms with Gasteiger partial charge in [0.05, 0.1) is 13.2 Å². The quantitative estimate of drug-likeness (QED) is 0.697. The smallest absolute Gasteiger partial charge is 0.475 e. The maximum absolute atomic E-state index is 12.2. The molecule has 1 aliphatic heterocycles. The van der Waals surface area contributed by atoms with Crippen molar-refractivity contribution in [1.82, 2.24) is 5.32 Å². The van der Waals surface area contributed by atoms with Crippen molar-refractivity contribution < 1.29 is 46.9 Å². The number of carbonyl (C=O) groups excluding carboxylic acids is 2. The molecule has 168 valence electrons. The summed E-state index contributed by atoms with van der Waals surface area (Å²) in [5, 5.41) is 9.58. The first kappa shape index (κ1) is 25.2. The number of halogens is 3. The second-order valence-corrected chi connectivity index (χ2v) is 7.69. The Kier molecular flexibility index (Phi) is 7.84. The van der Waals surface area contributed by atoms with Crippen molar-refractivity contribution in [3.63, 3.8) is 0 Å². The van der Waals surface area contributed by atoms with Gasteiger partial charge in [-0.05, 0) is 39.0 Å². The molecule has 1 amide bonds. The second-order valence-electron chi connectivity index (χ2n) is 7.69. The monoisotopic (exact) mass is 435 g/mol. The van der Waals surface area contributed by atoms with Gasteiger partial charge < -0.3 is 24.6 Å². The van der Waals surface area contributed by atoms with Crippen LogP contribution in [-0.2, 0) is 20.9 Å². The largest absolute Gasteiger partial charge is 0.490 e. The number of hydrogen-bond donors (Lipinski definition) is 2. The highest BCUT2D eigenvalue weighted by Gasteiger charge is 2.38. The molecule has 8 nitrogen and oxygen atoms in total. The van der Waals surface area contributed by atoms with Gasteiger partial charge in [0.2, 0.25) is 5.79 Å². The summed E-state index contributed by atoms with van der Waals surface area (Å²) < 4.78 is 48.1. The predicted molar refractivity (Wildman–Crippen MR) is 98.2 cm³/mol. The number of nitrogens with one attached hydrogen (secondary N) is 1. The molecule has 0 aromatic heterocycles. The molecule has 0 saturated carbocycles. The van der Waals surface area contributed by atoms with Gasteiger partial charge in [0.15, 0.2) is 5.78 Å². The first-order chi connectivity index (χ1) is 13.5. The Balaban J connectivity index is 0.000000553. The number of benzene rings is 1. The Morgan fingerprint density at radius 1 is 1.20 bits per heavy atom. The molecule has 0 spiro atoms. The second kappa shape index (κ2) is 9.33. The summed E-state index contributed by atoms with van der Waals surface area (Å²) in [6.45, 7) is 9.21. The minimum atomic E-state index is -5.08. The number of amides is 1. The third kappa shape index (κ3) is 8.68. The molecule has 2 N–H and O–H groups in total. The maximum Gasteiger partial charge on any atom is 0.490 e. The summed E-state index contributed by atoms with van der Waals surface area (Å²) in [6.07, 6.45) is -5.70. The van der Waals surface area contributed by atoms with Gasteiger partial charge in [-0.3, -0.25) is 4.79 Å². The lowest BCUT2D eigenvalue weighted by atomic mass is 10.1. The Morgan fingerprint density at radius 3 is 2.27 bits per heavy atom. The zero-order valence-electron chi connectivity index (χ0n) is 17.2. The Labute approximate surface area is 171 Å². The number of carboxylic acid groups (broad SMARTS) is 1. The van der Waals surface area contributed by atoms with Gasteiger partial charge in [-0.25, -0.2) is 9.59 Å². The van der Waals surface area contributed by atoms with E-state index in [1.54, 1.807) is 39.0 Å². The number of Topliss-reactive ketones (excluding diaryl/α,β-unsaturated/α-hetero) is 1. The van der Waals surface area contributed by atoms with E-state index >= 15 is 0 Å². The van der Waals surface area contributed by atoms with Crippen LogP contribution < -0.4 is 10.1 Å². The Hall–Kier alpha value is -2.82. The predicted octanol–water partition coefficient (Wildman–Crippen LogP) is 3.67. The van der Waals surface area contributed by atoms with Crippen LogP contribution in [0.1, 0.15) is 50.5 Å². The minimum Gasteiger partial charge on any atom is -0.475 e. The molecule has 0 bridgehead atoms. The van der Waals surface area contributed by atoms with E-state index < -0.39 is 29.6 Å². The number of ketones is 1. The van der Waals surface area contributed by atoms with Crippen LogP contribution in [-0.4, -0.2) is 47.1 Å². The van der Waals surface area contributed by atoms with Gasteiger partial charge in [0.25, 0.3) is 0 Å². The summed E-state index contributed by atoms with van der Waals surface area (Å²) in [5.41, 5.74) is 0.708. The lowest BCUT2D eigenvalue weighted by molar-refractivity contribution is -0.192. The van der Waals surface area contributed by atoms with Crippen molar-refractivity contribution in [1.29, 1.82) is 0 Å². The van der Waals surface area contributed by atoms with E-state index in [9.17, 15) is 22.8 Å². The fraction of sp³-hybridized carbons (Fsp3) is 0.526. The molecule has 0 aliphatic carbocycles. The third-order valence-corrected chi connectivity index (χ3v) is 3.35. The lowest BCUT2D eigenvalue weighted by Gasteiger charge is -2.32. The average molecular weight is 435 g/mol.